The van der Waals surface area contributed by atoms with E-state index in [-0.39, 0.29) is 0 Å². The molecule has 2 aromatic carbocycles. The maximum atomic E-state index is 2.32. The minimum absolute atomic E-state index is 0.793. The summed E-state index contributed by atoms with van der Waals surface area (Å²) in [6.07, 6.45) is 1.41. The number of nitrogens with one attached hydrogen (secondary N) is 1. The van der Waals surface area contributed by atoms with Gasteiger partial charge in [-0.1, -0.05) is 60.7 Å². The van der Waals surface area contributed by atoms with Gasteiger partial charge in [-0.3, -0.25) is 0 Å². The molecule has 0 atom stereocenters. The molecule has 0 radical (unpaired) electrons. The van der Waals surface area contributed by atoms with Gasteiger partial charge in [0, 0.05) is 0 Å². The van der Waals surface area contributed by atoms with E-state index in [1.165, 1.54) is 15.8 Å². The highest BCUT2D eigenvalue weighted by Gasteiger charge is 2.31. The van der Waals surface area contributed by atoms with E-state index < -0.39 is 6.15 Å². The second-order valence-corrected chi connectivity index (χ2v) is 6.74. The highest BCUT2D eigenvalue weighted by atomic mass is 15.1. The van der Waals surface area contributed by atoms with Gasteiger partial charge in [-0.15, -0.1) is 6.44 Å². The lowest BCUT2D eigenvalue weighted by atomic mass is 9.18. The molecule has 1 N–H and O–H groups in total. The van der Waals surface area contributed by atoms with Gasteiger partial charge in [0.05, 0.1) is 14.1 Å². The summed E-state index contributed by atoms with van der Waals surface area (Å²) in [6.45, 7) is 0. The fourth-order valence-corrected chi connectivity index (χ4v) is 3.67. The van der Waals surface area contributed by atoms with Crippen LogP contribution in [0.3, 0.4) is 0 Å². The van der Waals surface area contributed by atoms with E-state index in [2.05, 4.69) is 93.8 Å². The topological polar surface area (TPSA) is 7.68 Å². The molecular formula is C18H27BN2. The first kappa shape index (κ1) is 15.8. The zero-order valence-corrected chi connectivity index (χ0v) is 13.7. The Morgan fingerprint density at radius 1 is 0.810 bits per heavy atom. The third kappa shape index (κ3) is 3.75. The fourth-order valence-electron chi connectivity index (χ4n) is 3.67. The molecule has 0 amide bonds. The van der Waals surface area contributed by atoms with E-state index in [4.69, 9.17) is 0 Å². The van der Waals surface area contributed by atoms with Gasteiger partial charge in [-0.2, -0.15) is 10.9 Å². The predicted octanol–water partition coefficient (Wildman–Crippen LogP) is 0.0341. The lowest BCUT2D eigenvalue weighted by Gasteiger charge is -2.43. The number of rotatable bonds is 6. The molecule has 3 heteroatoms. The molecule has 0 bridgehead atoms. The molecular weight excluding hydrogens is 255 g/mol. The molecule has 0 aromatic heterocycles. The summed E-state index contributed by atoms with van der Waals surface area (Å²) >= 11 is 0. The van der Waals surface area contributed by atoms with Crippen LogP contribution < -0.4 is 15.8 Å². The summed E-state index contributed by atoms with van der Waals surface area (Å²) in [5.74, 6) is 0. The number of hydrogen-bond acceptors (Lipinski definition) is 1. The zero-order chi connectivity index (χ0) is 15.3. The summed E-state index contributed by atoms with van der Waals surface area (Å²) in [6, 6.07) is 22.0. The first-order valence-corrected chi connectivity index (χ1v) is 7.78. The largest absolute Gasteiger partial charge is 0.369 e. The predicted molar refractivity (Wildman–Crippen MR) is 94.1 cm³/mol. The van der Waals surface area contributed by atoms with Crippen molar-refractivity contribution >= 4 is 17.1 Å². The smallest absolute Gasteiger partial charge is 0.125 e. The summed E-state index contributed by atoms with van der Waals surface area (Å²) in [7, 11) is 8.84. The molecule has 2 nitrogen and oxygen atoms in total. The van der Waals surface area contributed by atoms with Gasteiger partial charge in [0.2, 0.25) is 0 Å². The highest BCUT2D eigenvalue weighted by Crippen LogP contribution is 2.06. The van der Waals surface area contributed by atoms with Crippen molar-refractivity contribution in [3.05, 3.63) is 60.7 Å². The number of hydrogen-bond donors (Lipinski definition) is 1. The van der Waals surface area contributed by atoms with E-state index >= 15 is 0 Å². The molecule has 0 unspecified atom stereocenters. The van der Waals surface area contributed by atoms with Crippen LogP contribution in [0.25, 0.3) is 0 Å². The van der Waals surface area contributed by atoms with Crippen LogP contribution in [0.5, 0.6) is 0 Å². The van der Waals surface area contributed by atoms with Crippen LogP contribution in [0.2, 0.25) is 0 Å². The van der Waals surface area contributed by atoms with Gasteiger partial charge in [-0.25, -0.2) is 0 Å². The van der Waals surface area contributed by atoms with Crippen molar-refractivity contribution in [1.29, 1.82) is 0 Å². The summed E-state index contributed by atoms with van der Waals surface area (Å²) in [5, 5.41) is 0. The molecule has 0 heterocycles. The van der Waals surface area contributed by atoms with E-state index in [1.807, 2.05) is 0 Å². The van der Waals surface area contributed by atoms with Crippen molar-refractivity contribution in [3.8, 4) is 0 Å². The van der Waals surface area contributed by atoms with Crippen molar-refractivity contribution in [3.63, 3.8) is 0 Å². The SMILES string of the molecule is CN(C)C[B-](C[NH+](C)C)(c1ccccc1)c1ccccc1. The van der Waals surface area contributed by atoms with Gasteiger partial charge < -0.3 is 9.80 Å². The highest BCUT2D eigenvalue weighted by molar-refractivity contribution is 7.02. The molecule has 112 valence electrons. The summed E-state index contributed by atoms with van der Waals surface area (Å²) in [4.78, 5) is 3.81. The standard InChI is InChI=1S/C18H26BN2/c1-20(2)15-19(16-21(3)4,17-11-7-5-8-12-17)18-13-9-6-10-14-18/h5-14H,15-16H2,1-4H3/q-1/p+1. The first-order valence-electron chi connectivity index (χ1n) is 7.78. The van der Waals surface area contributed by atoms with Crippen molar-refractivity contribution in [2.45, 2.75) is 0 Å². The summed E-state index contributed by atoms with van der Waals surface area (Å²) < 4.78 is 0. The number of benzene rings is 2. The lowest BCUT2D eigenvalue weighted by molar-refractivity contribution is -0.847. The minimum atomic E-state index is -0.793. The van der Waals surface area contributed by atoms with Gasteiger partial charge in [0.15, 0.2) is 0 Å². The molecule has 0 aliphatic heterocycles. The van der Waals surface area contributed by atoms with Crippen LogP contribution >= 0.6 is 0 Å². The van der Waals surface area contributed by atoms with E-state index in [0.29, 0.717) is 0 Å². The van der Waals surface area contributed by atoms with Crippen molar-refractivity contribution in [2.24, 2.45) is 0 Å². The van der Waals surface area contributed by atoms with Crippen LogP contribution in [0.15, 0.2) is 60.7 Å². The average Bonchev–Trinajstić information content (AvgIpc) is 2.47. The number of quaternary nitrogens is 1. The Balaban J connectivity index is 2.59. The van der Waals surface area contributed by atoms with Crippen LogP contribution in [0.4, 0.5) is 0 Å². The number of nitrogens with zero attached hydrogens (tertiary/aromatic N) is 1. The van der Waals surface area contributed by atoms with E-state index in [1.54, 1.807) is 0 Å². The molecule has 0 aliphatic carbocycles. The second kappa shape index (κ2) is 6.92. The molecule has 2 rings (SSSR count). The Kier molecular flexibility index (Phi) is 5.21. The Morgan fingerprint density at radius 2 is 1.24 bits per heavy atom. The van der Waals surface area contributed by atoms with Gasteiger partial charge >= 0.3 is 0 Å². The Labute approximate surface area is 129 Å². The molecule has 2 aromatic rings. The van der Waals surface area contributed by atoms with Crippen LogP contribution in [-0.4, -0.2) is 52.1 Å². The molecule has 0 saturated heterocycles. The monoisotopic (exact) mass is 282 g/mol. The third-order valence-electron chi connectivity index (χ3n) is 4.31. The molecule has 0 saturated carbocycles. The van der Waals surface area contributed by atoms with Gasteiger partial charge in [0.25, 0.3) is 0 Å². The Hall–Kier alpha value is -1.58. The van der Waals surface area contributed by atoms with E-state index in [0.717, 1.165) is 12.9 Å². The van der Waals surface area contributed by atoms with E-state index in [9.17, 15) is 0 Å². The first-order chi connectivity index (χ1) is 10.0. The maximum Gasteiger partial charge on any atom is 0.125 e. The Bertz CT molecular complexity index is 486. The van der Waals surface area contributed by atoms with Crippen LogP contribution in [0.1, 0.15) is 0 Å². The molecule has 0 aliphatic rings. The quantitative estimate of drug-likeness (QED) is 0.735. The molecule has 21 heavy (non-hydrogen) atoms. The third-order valence-corrected chi connectivity index (χ3v) is 4.31. The van der Waals surface area contributed by atoms with Crippen molar-refractivity contribution in [1.82, 2.24) is 4.90 Å². The van der Waals surface area contributed by atoms with Crippen molar-refractivity contribution in [2.75, 3.05) is 41.1 Å². The van der Waals surface area contributed by atoms with Gasteiger partial charge in [0.1, 0.15) is 6.15 Å². The second-order valence-electron chi connectivity index (χ2n) is 6.74. The van der Waals surface area contributed by atoms with Gasteiger partial charge in [-0.05, 0) is 20.5 Å². The maximum absolute atomic E-state index is 2.32. The Morgan fingerprint density at radius 3 is 1.57 bits per heavy atom. The normalized spacial score (nSPS) is 12.1. The van der Waals surface area contributed by atoms with Crippen LogP contribution in [-0.2, 0) is 0 Å². The molecule has 0 spiro atoms. The average molecular weight is 282 g/mol. The molecule has 0 fully saturated rings. The van der Waals surface area contributed by atoms with Crippen molar-refractivity contribution < 1.29 is 4.90 Å². The van der Waals surface area contributed by atoms with Crippen LogP contribution in [0, 0.1) is 0 Å². The zero-order valence-electron chi connectivity index (χ0n) is 13.7. The fraction of sp³-hybridized carbons (Fsp3) is 0.333. The minimum Gasteiger partial charge on any atom is -0.369 e. The summed E-state index contributed by atoms with van der Waals surface area (Å²) in [5.41, 5.74) is 2.91. The lowest BCUT2D eigenvalue weighted by Crippen LogP contribution is -3.10.